The molecular formula is C15H21F3N2O. The number of hydrogen-bond acceptors (Lipinski definition) is 3. The molecule has 0 saturated carbocycles. The summed E-state index contributed by atoms with van der Waals surface area (Å²) in [6.07, 6.45) is -3.39. The first-order chi connectivity index (χ1) is 9.95. The minimum absolute atomic E-state index is 0.0979. The number of nitrogens with one attached hydrogen (secondary N) is 1. The summed E-state index contributed by atoms with van der Waals surface area (Å²) in [5.74, 6) is 0. The lowest BCUT2D eigenvalue weighted by Gasteiger charge is -2.21. The molecule has 0 spiro atoms. The highest BCUT2D eigenvalue weighted by Gasteiger charge is 2.34. The highest BCUT2D eigenvalue weighted by Crippen LogP contribution is 2.35. The van der Waals surface area contributed by atoms with Gasteiger partial charge in [-0.05, 0) is 30.7 Å². The molecule has 0 aliphatic carbocycles. The quantitative estimate of drug-likeness (QED) is 0.905. The Bertz CT molecular complexity index is 476. The van der Waals surface area contributed by atoms with E-state index in [9.17, 15) is 13.2 Å². The van der Waals surface area contributed by atoms with Gasteiger partial charge in [0.2, 0.25) is 0 Å². The number of hydrogen-bond donors (Lipinski definition) is 1. The van der Waals surface area contributed by atoms with Crippen LogP contribution >= 0.6 is 0 Å². The van der Waals surface area contributed by atoms with E-state index in [0.29, 0.717) is 18.8 Å². The molecule has 6 heteroatoms. The van der Waals surface area contributed by atoms with E-state index >= 15 is 0 Å². The van der Waals surface area contributed by atoms with Crippen LogP contribution in [0.4, 0.5) is 18.9 Å². The first-order valence-electron chi connectivity index (χ1n) is 7.14. The fourth-order valence-electron chi connectivity index (χ4n) is 2.59. The van der Waals surface area contributed by atoms with E-state index in [0.717, 1.165) is 13.0 Å². The number of nitrogens with zero attached hydrogens (tertiary/aromatic N) is 1. The fraction of sp³-hybridized carbons (Fsp3) is 0.600. The van der Waals surface area contributed by atoms with Gasteiger partial charge in [-0.15, -0.1) is 0 Å². The van der Waals surface area contributed by atoms with E-state index in [4.69, 9.17) is 4.74 Å². The standard InChI is InChI=1S/C15H21F3N2O/c1-3-19-9-11-4-5-12(8-14(11)15(16,17)18)20-7-6-13(10-20)21-2/h4-5,8,13,19H,3,6-7,9-10H2,1-2H3. The van der Waals surface area contributed by atoms with Crippen molar-refractivity contribution >= 4 is 5.69 Å². The highest BCUT2D eigenvalue weighted by molar-refractivity contribution is 5.52. The smallest absolute Gasteiger partial charge is 0.380 e. The van der Waals surface area contributed by atoms with Crippen molar-refractivity contribution < 1.29 is 17.9 Å². The molecule has 0 bridgehead atoms. The van der Waals surface area contributed by atoms with Gasteiger partial charge in [-0.2, -0.15) is 13.2 Å². The van der Waals surface area contributed by atoms with Crippen LogP contribution in [0.2, 0.25) is 0 Å². The fourth-order valence-corrected chi connectivity index (χ4v) is 2.59. The van der Waals surface area contributed by atoms with Crippen molar-refractivity contribution in [2.45, 2.75) is 32.2 Å². The molecule has 118 valence electrons. The molecule has 1 aromatic rings. The van der Waals surface area contributed by atoms with Crippen molar-refractivity contribution in [2.75, 3.05) is 31.6 Å². The molecule has 1 aliphatic heterocycles. The molecule has 1 N–H and O–H groups in total. The van der Waals surface area contributed by atoms with Crippen molar-refractivity contribution in [3.05, 3.63) is 29.3 Å². The van der Waals surface area contributed by atoms with Crippen LogP contribution in [0.15, 0.2) is 18.2 Å². The zero-order valence-corrected chi connectivity index (χ0v) is 12.3. The molecular weight excluding hydrogens is 281 g/mol. The number of ether oxygens (including phenoxy) is 1. The highest BCUT2D eigenvalue weighted by atomic mass is 19.4. The third-order valence-corrected chi connectivity index (χ3v) is 3.81. The maximum absolute atomic E-state index is 13.2. The van der Waals surface area contributed by atoms with E-state index < -0.39 is 11.7 Å². The van der Waals surface area contributed by atoms with Gasteiger partial charge in [0.05, 0.1) is 11.7 Å². The summed E-state index contributed by atoms with van der Waals surface area (Å²) in [5, 5.41) is 2.95. The van der Waals surface area contributed by atoms with Crippen LogP contribution in [0, 0.1) is 0 Å². The van der Waals surface area contributed by atoms with Crippen LogP contribution in [-0.2, 0) is 17.5 Å². The molecule has 2 rings (SSSR count). The summed E-state index contributed by atoms with van der Waals surface area (Å²) < 4.78 is 44.9. The molecule has 1 aliphatic rings. The van der Waals surface area contributed by atoms with E-state index in [2.05, 4.69) is 5.32 Å². The molecule has 1 aromatic carbocycles. The number of benzene rings is 1. The molecule has 1 heterocycles. The Kier molecular flexibility index (Phi) is 5.11. The molecule has 0 amide bonds. The van der Waals surface area contributed by atoms with Crippen molar-refractivity contribution in [1.82, 2.24) is 5.32 Å². The van der Waals surface area contributed by atoms with E-state index in [1.165, 1.54) is 6.07 Å². The maximum Gasteiger partial charge on any atom is 0.416 e. The molecule has 1 atom stereocenters. The van der Waals surface area contributed by atoms with Gasteiger partial charge in [-0.25, -0.2) is 0 Å². The number of anilines is 1. The lowest BCUT2D eigenvalue weighted by Crippen LogP contribution is -2.23. The van der Waals surface area contributed by atoms with Crippen molar-refractivity contribution in [2.24, 2.45) is 0 Å². The van der Waals surface area contributed by atoms with E-state index in [-0.39, 0.29) is 18.2 Å². The second-order valence-corrected chi connectivity index (χ2v) is 5.21. The average molecular weight is 302 g/mol. The SMILES string of the molecule is CCNCc1ccc(N2CCC(OC)C2)cc1C(F)(F)F. The minimum atomic E-state index is -4.33. The van der Waals surface area contributed by atoms with Gasteiger partial charge in [-0.3, -0.25) is 0 Å². The largest absolute Gasteiger partial charge is 0.416 e. The van der Waals surface area contributed by atoms with Gasteiger partial charge in [0.1, 0.15) is 0 Å². The predicted molar refractivity (Wildman–Crippen MR) is 76.5 cm³/mol. The minimum Gasteiger partial charge on any atom is -0.380 e. The van der Waals surface area contributed by atoms with Gasteiger partial charge in [0.25, 0.3) is 0 Å². The van der Waals surface area contributed by atoms with Crippen LogP contribution in [0.25, 0.3) is 0 Å². The monoisotopic (exact) mass is 302 g/mol. The predicted octanol–water partition coefficient (Wildman–Crippen LogP) is 3.04. The Labute approximate surface area is 123 Å². The third kappa shape index (κ3) is 3.89. The molecule has 0 radical (unpaired) electrons. The zero-order chi connectivity index (χ0) is 15.5. The average Bonchev–Trinajstić information content (AvgIpc) is 2.93. The topological polar surface area (TPSA) is 24.5 Å². The summed E-state index contributed by atoms with van der Waals surface area (Å²) in [6, 6.07) is 4.59. The Morgan fingerprint density at radius 3 is 2.71 bits per heavy atom. The Hall–Kier alpha value is -1.27. The first kappa shape index (κ1) is 16.1. The van der Waals surface area contributed by atoms with Gasteiger partial charge >= 0.3 is 6.18 Å². The van der Waals surface area contributed by atoms with Gasteiger partial charge < -0.3 is 15.0 Å². The van der Waals surface area contributed by atoms with Crippen LogP contribution in [-0.4, -0.2) is 32.8 Å². The van der Waals surface area contributed by atoms with Crippen molar-refractivity contribution in [3.8, 4) is 0 Å². The van der Waals surface area contributed by atoms with Gasteiger partial charge in [0, 0.05) is 32.4 Å². The second kappa shape index (κ2) is 6.66. The lowest BCUT2D eigenvalue weighted by atomic mass is 10.1. The van der Waals surface area contributed by atoms with Gasteiger partial charge in [0.15, 0.2) is 0 Å². The molecule has 1 unspecified atom stereocenters. The number of methoxy groups -OCH3 is 1. The summed E-state index contributed by atoms with van der Waals surface area (Å²) >= 11 is 0. The van der Waals surface area contributed by atoms with Crippen LogP contribution in [0.1, 0.15) is 24.5 Å². The summed E-state index contributed by atoms with van der Waals surface area (Å²) in [4.78, 5) is 1.94. The Morgan fingerprint density at radius 2 is 2.14 bits per heavy atom. The first-order valence-corrected chi connectivity index (χ1v) is 7.14. The molecule has 0 aromatic heterocycles. The summed E-state index contributed by atoms with van der Waals surface area (Å²) in [7, 11) is 1.63. The van der Waals surface area contributed by atoms with Crippen LogP contribution in [0.3, 0.4) is 0 Å². The van der Waals surface area contributed by atoms with Crippen LogP contribution in [0.5, 0.6) is 0 Å². The molecule has 21 heavy (non-hydrogen) atoms. The molecule has 3 nitrogen and oxygen atoms in total. The Balaban J connectivity index is 2.25. The van der Waals surface area contributed by atoms with Crippen LogP contribution < -0.4 is 10.2 Å². The number of alkyl halides is 3. The third-order valence-electron chi connectivity index (χ3n) is 3.81. The number of halogens is 3. The van der Waals surface area contributed by atoms with Crippen molar-refractivity contribution in [3.63, 3.8) is 0 Å². The van der Waals surface area contributed by atoms with E-state index in [1.54, 1.807) is 19.2 Å². The number of rotatable bonds is 5. The van der Waals surface area contributed by atoms with Gasteiger partial charge in [-0.1, -0.05) is 13.0 Å². The second-order valence-electron chi connectivity index (χ2n) is 5.21. The van der Waals surface area contributed by atoms with Crippen molar-refractivity contribution in [1.29, 1.82) is 0 Å². The summed E-state index contributed by atoms with van der Waals surface area (Å²) in [5.41, 5.74) is 0.347. The zero-order valence-electron chi connectivity index (χ0n) is 12.3. The summed E-state index contributed by atoms with van der Waals surface area (Å²) in [6.45, 7) is 4.10. The molecule has 1 saturated heterocycles. The maximum atomic E-state index is 13.2. The Morgan fingerprint density at radius 1 is 1.38 bits per heavy atom. The lowest BCUT2D eigenvalue weighted by molar-refractivity contribution is -0.138. The normalized spacial score (nSPS) is 19.3. The molecule has 1 fully saturated rings. The van der Waals surface area contributed by atoms with E-state index in [1.807, 2.05) is 11.8 Å².